The lowest BCUT2D eigenvalue weighted by molar-refractivity contribution is -0.113. The van der Waals surface area contributed by atoms with Crippen LogP contribution >= 0.6 is 23.1 Å². The monoisotopic (exact) mass is 545 g/mol. The highest BCUT2D eigenvalue weighted by molar-refractivity contribution is 7.99. The Balaban J connectivity index is 1.69. The number of esters is 1. The van der Waals surface area contributed by atoms with Crippen LogP contribution in [0.3, 0.4) is 0 Å². The quantitative estimate of drug-likeness (QED) is 0.269. The number of aromatic nitrogens is 3. The van der Waals surface area contributed by atoms with E-state index in [4.69, 9.17) is 15.2 Å². The average molecular weight is 546 g/mol. The number of carbonyl (C=O) groups excluding carboxylic acids is 3. The molecular formula is C25H31N5O5S2. The van der Waals surface area contributed by atoms with Gasteiger partial charge in [0.2, 0.25) is 5.91 Å². The van der Waals surface area contributed by atoms with E-state index in [1.807, 2.05) is 43.5 Å². The summed E-state index contributed by atoms with van der Waals surface area (Å²) >= 11 is 2.16. The van der Waals surface area contributed by atoms with Crippen molar-refractivity contribution in [3.63, 3.8) is 0 Å². The molecule has 0 atom stereocenters. The van der Waals surface area contributed by atoms with Gasteiger partial charge in [-0.3, -0.25) is 9.59 Å². The van der Waals surface area contributed by atoms with E-state index in [1.165, 1.54) is 11.8 Å². The molecule has 0 aliphatic carbocycles. The van der Waals surface area contributed by atoms with Crippen LogP contribution < -0.4 is 15.8 Å². The predicted molar refractivity (Wildman–Crippen MR) is 143 cm³/mol. The van der Waals surface area contributed by atoms with E-state index in [0.717, 1.165) is 28.2 Å². The van der Waals surface area contributed by atoms with E-state index in [9.17, 15) is 14.4 Å². The van der Waals surface area contributed by atoms with E-state index < -0.39 is 11.9 Å². The van der Waals surface area contributed by atoms with Crippen molar-refractivity contribution in [3.05, 3.63) is 51.2 Å². The molecule has 198 valence electrons. The van der Waals surface area contributed by atoms with Gasteiger partial charge in [-0.2, -0.15) is 0 Å². The molecule has 1 aromatic carbocycles. The lowest BCUT2D eigenvalue weighted by atomic mass is 10.1. The maximum absolute atomic E-state index is 12.8. The topological polar surface area (TPSA) is 138 Å². The molecule has 0 radical (unpaired) electrons. The Morgan fingerprint density at radius 2 is 1.92 bits per heavy atom. The molecule has 0 bridgehead atoms. The van der Waals surface area contributed by atoms with Gasteiger partial charge in [-0.15, -0.1) is 21.5 Å². The smallest absolute Gasteiger partial charge is 0.341 e. The van der Waals surface area contributed by atoms with Crippen LogP contribution in [0.2, 0.25) is 0 Å². The van der Waals surface area contributed by atoms with Crippen molar-refractivity contribution in [2.45, 2.75) is 66.0 Å². The molecule has 10 nitrogen and oxygen atoms in total. The third-order valence-corrected chi connectivity index (χ3v) is 7.50. The van der Waals surface area contributed by atoms with Gasteiger partial charge in [0.1, 0.15) is 17.4 Å². The fraction of sp³-hybridized carbons (Fsp3) is 0.400. The lowest BCUT2D eigenvalue weighted by Gasteiger charge is -2.11. The number of rotatable bonds is 11. The Bertz CT molecular complexity index is 1320. The van der Waals surface area contributed by atoms with Crippen LogP contribution in [-0.4, -0.2) is 44.4 Å². The van der Waals surface area contributed by atoms with E-state index in [-0.39, 0.29) is 39.8 Å². The lowest BCUT2D eigenvalue weighted by Crippen LogP contribution is -2.18. The van der Waals surface area contributed by atoms with Gasteiger partial charge in [0.05, 0.1) is 22.3 Å². The number of nitrogens with one attached hydrogen (secondary N) is 1. The third-order valence-electron chi connectivity index (χ3n) is 5.31. The molecule has 3 aromatic rings. The highest BCUT2D eigenvalue weighted by Crippen LogP contribution is 2.34. The first-order valence-corrected chi connectivity index (χ1v) is 13.5. The molecule has 0 spiro atoms. The predicted octanol–water partition coefficient (Wildman–Crippen LogP) is 4.26. The Hall–Kier alpha value is -3.38. The fourth-order valence-corrected chi connectivity index (χ4v) is 5.39. The van der Waals surface area contributed by atoms with Gasteiger partial charge in [0.15, 0.2) is 11.0 Å². The number of aryl methyl sites for hydroxylation is 2. The summed E-state index contributed by atoms with van der Waals surface area (Å²) in [6.45, 7) is 11.8. The fourth-order valence-electron chi connectivity index (χ4n) is 3.50. The molecule has 0 saturated heterocycles. The second kappa shape index (κ2) is 12.2. The zero-order valence-electron chi connectivity index (χ0n) is 21.7. The summed E-state index contributed by atoms with van der Waals surface area (Å²) in [5.74, 6) is -0.240. The highest BCUT2D eigenvalue weighted by Gasteiger charge is 2.26. The Labute approximate surface area is 223 Å². The summed E-state index contributed by atoms with van der Waals surface area (Å²) in [7, 11) is 0. The maximum atomic E-state index is 12.8. The SMILES string of the molecule is CCn1c(COc2cc(C)ccc2C)nnc1SCC(=O)Nc1sc(C(N)=O)c(C)c1C(=O)OC(C)C. The number of anilines is 1. The van der Waals surface area contributed by atoms with Crippen molar-refractivity contribution in [1.29, 1.82) is 0 Å². The standard InChI is InChI=1S/C25H31N5O5S2/c1-7-30-18(11-34-17-10-14(4)8-9-15(17)5)28-29-25(30)36-12-19(31)27-23-20(24(33)35-13(2)3)16(6)21(37-23)22(26)32/h8-10,13H,7,11-12H2,1-6H3,(H2,26,32)(H,27,31). The van der Waals surface area contributed by atoms with Gasteiger partial charge < -0.3 is 25.1 Å². The second-order valence-corrected chi connectivity index (χ2v) is 10.6. The summed E-state index contributed by atoms with van der Waals surface area (Å²) in [6, 6.07) is 6.01. The minimum atomic E-state index is -0.678. The van der Waals surface area contributed by atoms with Crippen LogP contribution in [0.4, 0.5) is 5.00 Å². The zero-order chi connectivity index (χ0) is 27.3. The Kier molecular flexibility index (Phi) is 9.33. The van der Waals surface area contributed by atoms with Crippen molar-refractivity contribution in [2.24, 2.45) is 5.73 Å². The van der Waals surface area contributed by atoms with E-state index in [2.05, 4.69) is 15.5 Å². The summed E-state index contributed by atoms with van der Waals surface area (Å²) < 4.78 is 13.1. The van der Waals surface area contributed by atoms with Crippen molar-refractivity contribution >= 4 is 45.9 Å². The van der Waals surface area contributed by atoms with Gasteiger partial charge in [-0.25, -0.2) is 4.79 Å². The number of ether oxygens (including phenoxy) is 2. The summed E-state index contributed by atoms with van der Waals surface area (Å²) in [5, 5.41) is 12.0. The summed E-state index contributed by atoms with van der Waals surface area (Å²) in [5.41, 5.74) is 8.09. The van der Waals surface area contributed by atoms with E-state index in [1.54, 1.807) is 20.8 Å². The van der Waals surface area contributed by atoms with Gasteiger partial charge in [0, 0.05) is 6.54 Å². The molecule has 2 heterocycles. The number of benzene rings is 1. The van der Waals surface area contributed by atoms with Crippen LogP contribution in [0.15, 0.2) is 23.4 Å². The number of nitrogens with two attached hydrogens (primary N) is 1. The van der Waals surface area contributed by atoms with Crippen molar-refractivity contribution in [3.8, 4) is 5.75 Å². The Morgan fingerprint density at radius 1 is 1.19 bits per heavy atom. The summed E-state index contributed by atoms with van der Waals surface area (Å²) in [6.07, 6.45) is -0.364. The second-order valence-electron chi connectivity index (χ2n) is 8.62. The molecule has 37 heavy (non-hydrogen) atoms. The van der Waals surface area contributed by atoms with Crippen LogP contribution in [0.25, 0.3) is 0 Å². The largest absolute Gasteiger partial charge is 0.485 e. The number of hydrogen-bond donors (Lipinski definition) is 2. The van der Waals surface area contributed by atoms with Crippen LogP contribution in [-0.2, 0) is 22.7 Å². The first-order chi connectivity index (χ1) is 17.5. The molecule has 0 aliphatic heterocycles. The number of amides is 2. The van der Waals surface area contributed by atoms with Crippen molar-refractivity contribution in [2.75, 3.05) is 11.1 Å². The average Bonchev–Trinajstić information content (AvgIpc) is 3.37. The van der Waals surface area contributed by atoms with Gasteiger partial charge in [-0.05, 0) is 64.3 Å². The minimum absolute atomic E-state index is 0.0114. The first kappa shape index (κ1) is 28.2. The van der Waals surface area contributed by atoms with Gasteiger partial charge in [-0.1, -0.05) is 23.9 Å². The number of thiophene rings is 1. The molecule has 12 heteroatoms. The molecule has 2 amide bonds. The molecule has 2 aromatic heterocycles. The molecule has 3 rings (SSSR count). The summed E-state index contributed by atoms with van der Waals surface area (Å²) in [4.78, 5) is 37.4. The van der Waals surface area contributed by atoms with E-state index in [0.29, 0.717) is 23.1 Å². The van der Waals surface area contributed by atoms with Crippen molar-refractivity contribution in [1.82, 2.24) is 14.8 Å². The molecule has 0 unspecified atom stereocenters. The number of nitrogens with zero attached hydrogens (tertiary/aromatic N) is 3. The molecule has 0 aliphatic rings. The minimum Gasteiger partial charge on any atom is -0.485 e. The van der Waals surface area contributed by atoms with Crippen molar-refractivity contribution < 1.29 is 23.9 Å². The van der Waals surface area contributed by atoms with E-state index >= 15 is 0 Å². The highest BCUT2D eigenvalue weighted by atomic mass is 32.2. The Morgan fingerprint density at radius 3 is 2.57 bits per heavy atom. The maximum Gasteiger partial charge on any atom is 0.341 e. The van der Waals surface area contributed by atoms with Crippen LogP contribution in [0.5, 0.6) is 5.75 Å². The number of primary amides is 1. The molecular weight excluding hydrogens is 514 g/mol. The normalized spacial score (nSPS) is 11.0. The molecule has 3 N–H and O–H groups in total. The third kappa shape index (κ3) is 6.89. The number of thioether (sulfide) groups is 1. The van der Waals surface area contributed by atoms with Crippen LogP contribution in [0, 0.1) is 20.8 Å². The number of carbonyl (C=O) groups is 3. The van der Waals surface area contributed by atoms with Gasteiger partial charge in [0.25, 0.3) is 5.91 Å². The molecule has 0 fully saturated rings. The van der Waals surface area contributed by atoms with Crippen LogP contribution in [0.1, 0.15) is 63.3 Å². The molecule has 0 saturated carbocycles. The zero-order valence-corrected chi connectivity index (χ0v) is 23.3. The first-order valence-electron chi connectivity index (χ1n) is 11.7. The van der Waals surface area contributed by atoms with Gasteiger partial charge >= 0.3 is 5.97 Å². The number of hydrogen-bond acceptors (Lipinski definition) is 9.